The second kappa shape index (κ2) is 8.28. The van der Waals surface area contributed by atoms with E-state index in [2.05, 4.69) is 24.5 Å². The molecule has 1 aliphatic heterocycles. The molecule has 3 nitrogen and oxygen atoms in total. The zero-order valence-electron chi connectivity index (χ0n) is 12.3. The molecule has 2 N–H and O–H groups in total. The molecule has 3 unspecified atom stereocenters. The van der Waals surface area contributed by atoms with E-state index < -0.39 is 0 Å². The number of carbonyl (C=O) groups excluding carboxylic acids is 1. The second-order valence-corrected chi connectivity index (χ2v) is 5.46. The molecule has 1 aliphatic rings. The number of carbonyl (C=O) groups is 1. The van der Waals surface area contributed by atoms with Crippen LogP contribution in [0.1, 0.15) is 38.2 Å². The van der Waals surface area contributed by atoms with Crippen molar-refractivity contribution in [1.82, 2.24) is 10.6 Å². The van der Waals surface area contributed by atoms with Gasteiger partial charge in [-0.05, 0) is 30.9 Å². The number of amides is 1. The monoisotopic (exact) mass is 296 g/mol. The molecule has 1 aromatic carbocycles. The highest BCUT2D eigenvalue weighted by atomic mass is 35.5. The van der Waals surface area contributed by atoms with Gasteiger partial charge in [-0.25, -0.2) is 0 Å². The van der Waals surface area contributed by atoms with Crippen LogP contribution < -0.4 is 10.6 Å². The van der Waals surface area contributed by atoms with E-state index >= 15 is 0 Å². The Labute approximate surface area is 127 Å². The normalized spacial score (nSPS) is 23.5. The van der Waals surface area contributed by atoms with Crippen molar-refractivity contribution in [2.24, 2.45) is 5.92 Å². The topological polar surface area (TPSA) is 41.1 Å². The van der Waals surface area contributed by atoms with Gasteiger partial charge in [0.25, 0.3) is 0 Å². The summed E-state index contributed by atoms with van der Waals surface area (Å²) in [6, 6.07) is 10.3. The molecule has 1 aromatic rings. The summed E-state index contributed by atoms with van der Waals surface area (Å²) in [4.78, 5) is 12.4. The molecule has 4 heteroatoms. The molecule has 20 heavy (non-hydrogen) atoms. The van der Waals surface area contributed by atoms with Gasteiger partial charge in [-0.2, -0.15) is 0 Å². The highest BCUT2D eigenvalue weighted by Gasteiger charge is 2.26. The van der Waals surface area contributed by atoms with Crippen LogP contribution >= 0.6 is 12.4 Å². The lowest BCUT2D eigenvalue weighted by molar-refractivity contribution is -0.123. The smallest absolute Gasteiger partial charge is 0.227 e. The predicted molar refractivity (Wildman–Crippen MR) is 85.3 cm³/mol. The molecule has 1 heterocycles. The Morgan fingerprint density at radius 2 is 2.10 bits per heavy atom. The van der Waals surface area contributed by atoms with Gasteiger partial charge in [0.2, 0.25) is 5.91 Å². The number of hydrogen-bond acceptors (Lipinski definition) is 2. The first-order valence-corrected chi connectivity index (χ1v) is 7.28. The quantitative estimate of drug-likeness (QED) is 0.897. The van der Waals surface area contributed by atoms with E-state index in [1.807, 2.05) is 30.3 Å². The number of piperidine rings is 1. The van der Waals surface area contributed by atoms with Gasteiger partial charge in [0.15, 0.2) is 0 Å². The summed E-state index contributed by atoms with van der Waals surface area (Å²) in [5.74, 6) is 0.683. The molecule has 1 saturated heterocycles. The third kappa shape index (κ3) is 4.22. The maximum Gasteiger partial charge on any atom is 0.227 e. The summed E-state index contributed by atoms with van der Waals surface area (Å²) in [7, 11) is 0. The molecule has 0 aromatic heterocycles. The molecule has 1 fully saturated rings. The van der Waals surface area contributed by atoms with E-state index in [1.165, 1.54) is 0 Å². The lowest BCUT2D eigenvalue weighted by atomic mass is 9.92. The number of benzene rings is 1. The average Bonchev–Trinajstić information content (AvgIpc) is 2.43. The minimum absolute atomic E-state index is 0. The van der Waals surface area contributed by atoms with Crippen molar-refractivity contribution in [2.75, 3.05) is 13.1 Å². The third-order valence-electron chi connectivity index (χ3n) is 4.08. The molecule has 0 bridgehead atoms. The van der Waals surface area contributed by atoms with Crippen LogP contribution in [0.4, 0.5) is 0 Å². The fourth-order valence-electron chi connectivity index (χ4n) is 2.72. The molecule has 3 atom stereocenters. The van der Waals surface area contributed by atoms with Crippen LogP contribution in [0.15, 0.2) is 30.3 Å². The minimum Gasteiger partial charge on any atom is -0.351 e. The molecular formula is C16H25ClN2O. The standard InChI is InChI=1S/C16H24N2O.ClH/c1-3-14(13-7-5-4-6-8-13)16(19)18-15-11-17-10-9-12(15)2;/h4-8,12,14-15,17H,3,9-11H2,1-2H3,(H,18,19);1H. The Morgan fingerprint density at radius 1 is 1.40 bits per heavy atom. The van der Waals surface area contributed by atoms with E-state index in [0.717, 1.165) is 31.5 Å². The van der Waals surface area contributed by atoms with Gasteiger partial charge >= 0.3 is 0 Å². The number of hydrogen-bond donors (Lipinski definition) is 2. The Hall–Kier alpha value is -1.06. The predicted octanol–water partition coefficient (Wildman–Crippen LogP) is 2.72. The molecule has 0 spiro atoms. The van der Waals surface area contributed by atoms with Crippen molar-refractivity contribution < 1.29 is 4.79 Å². The molecule has 2 rings (SSSR count). The molecule has 0 saturated carbocycles. The van der Waals surface area contributed by atoms with E-state index in [9.17, 15) is 4.79 Å². The van der Waals surface area contributed by atoms with Crippen LogP contribution in [0, 0.1) is 5.92 Å². The van der Waals surface area contributed by atoms with Gasteiger partial charge in [-0.15, -0.1) is 12.4 Å². The van der Waals surface area contributed by atoms with E-state index in [-0.39, 0.29) is 30.3 Å². The Morgan fingerprint density at radius 3 is 2.70 bits per heavy atom. The van der Waals surface area contributed by atoms with E-state index in [4.69, 9.17) is 0 Å². The number of nitrogens with one attached hydrogen (secondary N) is 2. The van der Waals surface area contributed by atoms with Gasteiger partial charge in [0, 0.05) is 12.6 Å². The summed E-state index contributed by atoms with van der Waals surface area (Å²) < 4.78 is 0. The maximum absolute atomic E-state index is 12.4. The maximum atomic E-state index is 12.4. The zero-order valence-corrected chi connectivity index (χ0v) is 13.1. The van der Waals surface area contributed by atoms with Gasteiger partial charge in [0.05, 0.1) is 5.92 Å². The zero-order chi connectivity index (χ0) is 13.7. The van der Waals surface area contributed by atoms with E-state index in [0.29, 0.717) is 5.92 Å². The SMILES string of the molecule is CCC(C(=O)NC1CNCCC1C)c1ccccc1.Cl. The van der Waals surface area contributed by atoms with Crippen LogP contribution in [0.5, 0.6) is 0 Å². The van der Waals surface area contributed by atoms with Crippen LogP contribution in [-0.4, -0.2) is 25.0 Å². The fourth-order valence-corrected chi connectivity index (χ4v) is 2.72. The van der Waals surface area contributed by atoms with Crippen molar-refractivity contribution in [2.45, 2.75) is 38.6 Å². The molecule has 112 valence electrons. The minimum atomic E-state index is -0.0321. The fraction of sp³-hybridized carbons (Fsp3) is 0.562. The highest BCUT2D eigenvalue weighted by Crippen LogP contribution is 2.20. The molecule has 1 amide bonds. The molecular weight excluding hydrogens is 272 g/mol. The first-order valence-electron chi connectivity index (χ1n) is 7.28. The van der Waals surface area contributed by atoms with Crippen LogP contribution in [-0.2, 0) is 4.79 Å². The summed E-state index contributed by atoms with van der Waals surface area (Å²) >= 11 is 0. The second-order valence-electron chi connectivity index (χ2n) is 5.46. The Bertz CT molecular complexity index is 410. The molecule has 0 radical (unpaired) electrons. The van der Waals surface area contributed by atoms with Gasteiger partial charge in [-0.1, -0.05) is 44.2 Å². The average molecular weight is 297 g/mol. The Balaban J connectivity index is 0.00000200. The highest BCUT2D eigenvalue weighted by molar-refractivity contribution is 5.85. The Kier molecular flexibility index (Phi) is 7.03. The van der Waals surface area contributed by atoms with Gasteiger partial charge in [-0.3, -0.25) is 4.79 Å². The van der Waals surface area contributed by atoms with Crippen molar-refractivity contribution in [3.63, 3.8) is 0 Å². The van der Waals surface area contributed by atoms with Crippen molar-refractivity contribution in [3.05, 3.63) is 35.9 Å². The van der Waals surface area contributed by atoms with Crippen LogP contribution in [0.2, 0.25) is 0 Å². The number of rotatable bonds is 4. The van der Waals surface area contributed by atoms with Crippen LogP contribution in [0.25, 0.3) is 0 Å². The van der Waals surface area contributed by atoms with Gasteiger partial charge < -0.3 is 10.6 Å². The van der Waals surface area contributed by atoms with Gasteiger partial charge in [0.1, 0.15) is 0 Å². The first-order chi connectivity index (χ1) is 9.22. The van der Waals surface area contributed by atoms with Crippen molar-refractivity contribution in [3.8, 4) is 0 Å². The largest absolute Gasteiger partial charge is 0.351 e. The lowest BCUT2D eigenvalue weighted by Crippen LogP contribution is -2.51. The van der Waals surface area contributed by atoms with Crippen molar-refractivity contribution in [1.29, 1.82) is 0 Å². The molecule has 0 aliphatic carbocycles. The summed E-state index contributed by atoms with van der Waals surface area (Å²) in [5.41, 5.74) is 1.11. The number of halogens is 1. The first kappa shape index (κ1) is 17.0. The van der Waals surface area contributed by atoms with Crippen LogP contribution in [0.3, 0.4) is 0 Å². The summed E-state index contributed by atoms with van der Waals surface area (Å²) in [6.45, 7) is 6.23. The summed E-state index contributed by atoms with van der Waals surface area (Å²) in [5, 5.41) is 6.57. The van der Waals surface area contributed by atoms with Crippen molar-refractivity contribution >= 4 is 18.3 Å². The van der Waals surface area contributed by atoms with E-state index in [1.54, 1.807) is 0 Å². The summed E-state index contributed by atoms with van der Waals surface area (Å²) in [6.07, 6.45) is 1.97. The lowest BCUT2D eigenvalue weighted by Gasteiger charge is -2.31. The third-order valence-corrected chi connectivity index (χ3v) is 4.08.